The summed E-state index contributed by atoms with van der Waals surface area (Å²) in [4.78, 5) is 13.1. The van der Waals surface area contributed by atoms with Crippen LogP contribution in [0, 0.1) is 5.41 Å². The molecule has 1 fully saturated rings. The Hall–Kier alpha value is -0.250. The molecule has 1 heterocycles. The van der Waals surface area contributed by atoms with Gasteiger partial charge in [0.2, 0.25) is 5.91 Å². The number of carbonyl (C=O) groups excluding carboxylic acids is 1. The molecule has 0 aromatic carbocycles. The van der Waals surface area contributed by atoms with Gasteiger partial charge >= 0.3 is 0 Å². The molecule has 1 N–H and O–H groups in total. The smallest absolute Gasteiger partial charge is 0.229 e. The Morgan fingerprint density at radius 1 is 1.62 bits per heavy atom. The Labute approximate surface area is 109 Å². The highest BCUT2D eigenvalue weighted by atomic mass is 35.5. The second-order valence-corrected chi connectivity index (χ2v) is 6.81. The van der Waals surface area contributed by atoms with Crippen molar-refractivity contribution in [1.82, 2.24) is 5.32 Å². The largest absolute Gasteiger partial charge is 0.355 e. The zero-order chi connectivity index (χ0) is 11.8. The molecule has 1 aromatic heterocycles. The summed E-state index contributed by atoms with van der Waals surface area (Å²) in [5.74, 6) is -0.0472. The summed E-state index contributed by atoms with van der Waals surface area (Å²) in [5, 5.41) is 4.91. The summed E-state index contributed by atoms with van der Waals surface area (Å²) in [5.41, 5.74) is -0.606. The van der Waals surface area contributed by atoms with E-state index in [1.807, 2.05) is 11.4 Å². The molecule has 1 aliphatic rings. The first-order chi connectivity index (χ1) is 7.46. The maximum absolute atomic E-state index is 11.8. The normalized spacial score (nSPS) is 26.4. The minimum absolute atomic E-state index is 0.0472. The van der Waals surface area contributed by atoms with Crippen molar-refractivity contribution >= 4 is 40.4 Å². The molecule has 0 saturated heterocycles. The summed E-state index contributed by atoms with van der Waals surface area (Å²) in [6.07, 6.45) is 1.39. The van der Waals surface area contributed by atoms with Crippen molar-refractivity contribution in [3.63, 3.8) is 0 Å². The van der Waals surface area contributed by atoms with Crippen LogP contribution in [0.15, 0.2) is 17.5 Å². The lowest BCUT2D eigenvalue weighted by atomic mass is 10.1. The van der Waals surface area contributed by atoms with Crippen LogP contribution in [0.25, 0.3) is 0 Å². The lowest BCUT2D eigenvalue weighted by molar-refractivity contribution is -0.125. The van der Waals surface area contributed by atoms with E-state index in [-0.39, 0.29) is 5.91 Å². The standard InChI is InChI=1S/C11H13Cl2NOS/c1-10(7-11(10,12)13)9(15)14-5-4-8-3-2-6-16-8/h2-3,6H,4-5,7H2,1H3,(H,14,15)/t10-/m0/s1. The molecular formula is C11H13Cl2NOS. The molecule has 1 aromatic rings. The maximum Gasteiger partial charge on any atom is 0.229 e. The minimum atomic E-state index is -0.875. The molecule has 88 valence electrons. The molecule has 1 aliphatic carbocycles. The van der Waals surface area contributed by atoms with Crippen molar-refractivity contribution in [3.05, 3.63) is 22.4 Å². The lowest BCUT2D eigenvalue weighted by Gasteiger charge is -2.12. The third-order valence-electron chi connectivity index (χ3n) is 3.00. The monoisotopic (exact) mass is 277 g/mol. The average Bonchev–Trinajstić information content (AvgIpc) is 2.64. The van der Waals surface area contributed by atoms with Gasteiger partial charge in [-0.25, -0.2) is 0 Å². The third kappa shape index (κ3) is 2.22. The summed E-state index contributed by atoms with van der Waals surface area (Å²) in [7, 11) is 0. The molecule has 16 heavy (non-hydrogen) atoms. The van der Waals surface area contributed by atoms with Gasteiger partial charge in [0.05, 0.1) is 5.41 Å². The van der Waals surface area contributed by atoms with Crippen LogP contribution in [0.4, 0.5) is 0 Å². The molecule has 0 unspecified atom stereocenters. The van der Waals surface area contributed by atoms with Gasteiger partial charge in [-0.3, -0.25) is 4.79 Å². The molecular weight excluding hydrogens is 265 g/mol. The zero-order valence-corrected chi connectivity index (χ0v) is 11.3. The molecule has 5 heteroatoms. The van der Waals surface area contributed by atoms with E-state index in [9.17, 15) is 4.79 Å². The van der Waals surface area contributed by atoms with Crippen LogP contribution in [-0.2, 0) is 11.2 Å². The molecule has 0 aliphatic heterocycles. The summed E-state index contributed by atoms with van der Waals surface area (Å²) < 4.78 is -0.875. The molecule has 1 saturated carbocycles. The van der Waals surface area contributed by atoms with Crippen LogP contribution in [0.2, 0.25) is 0 Å². The van der Waals surface area contributed by atoms with Crippen LogP contribution < -0.4 is 5.32 Å². The highest BCUT2D eigenvalue weighted by molar-refractivity contribution is 7.09. The predicted octanol–water partition coefficient (Wildman–Crippen LogP) is 2.99. The van der Waals surface area contributed by atoms with Crippen molar-refractivity contribution in [1.29, 1.82) is 0 Å². The number of hydrogen-bond acceptors (Lipinski definition) is 2. The fraction of sp³-hybridized carbons (Fsp3) is 0.545. The molecule has 0 spiro atoms. The zero-order valence-electron chi connectivity index (χ0n) is 8.93. The first kappa shape index (κ1) is 12.2. The third-order valence-corrected chi connectivity index (χ3v) is 5.03. The van der Waals surface area contributed by atoms with E-state index in [4.69, 9.17) is 23.2 Å². The molecule has 0 bridgehead atoms. The summed E-state index contributed by atoms with van der Waals surface area (Å²) in [6, 6.07) is 4.07. The van der Waals surface area contributed by atoms with E-state index in [1.165, 1.54) is 4.88 Å². The summed E-state index contributed by atoms with van der Waals surface area (Å²) >= 11 is 13.6. The van der Waals surface area contributed by atoms with Gasteiger partial charge in [0.15, 0.2) is 0 Å². The van der Waals surface area contributed by atoms with E-state index >= 15 is 0 Å². The van der Waals surface area contributed by atoms with Crippen LogP contribution >= 0.6 is 34.5 Å². The van der Waals surface area contributed by atoms with Gasteiger partial charge in [-0.2, -0.15) is 0 Å². The van der Waals surface area contributed by atoms with E-state index in [2.05, 4.69) is 11.4 Å². The van der Waals surface area contributed by atoms with Gasteiger partial charge in [0, 0.05) is 11.4 Å². The highest BCUT2D eigenvalue weighted by Crippen LogP contribution is 2.63. The lowest BCUT2D eigenvalue weighted by Crippen LogP contribution is -2.34. The van der Waals surface area contributed by atoms with Gasteiger partial charge in [-0.1, -0.05) is 6.07 Å². The van der Waals surface area contributed by atoms with Crippen molar-refractivity contribution in [2.45, 2.75) is 24.1 Å². The highest BCUT2D eigenvalue weighted by Gasteiger charge is 2.67. The van der Waals surface area contributed by atoms with Crippen LogP contribution in [-0.4, -0.2) is 16.8 Å². The van der Waals surface area contributed by atoms with Crippen LogP contribution in [0.5, 0.6) is 0 Å². The van der Waals surface area contributed by atoms with E-state index < -0.39 is 9.75 Å². The molecule has 0 radical (unpaired) electrons. The summed E-state index contributed by atoms with van der Waals surface area (Å²) in [6.45, 7) is 2.44. The predicted molar refractivity (Wildman–Crippen MR) is 68.2 cm³/mol. The SMILES string of the molecule is C[C@@]1(C(=O)NCCc2cccs2)CC1(Cl)Cl. The Kier molecular flexibility index (Phi) is 3.21. The molecule has 1 amide bonds. The van der Waals surface area contributed by atoms with E-state index in [0.717, 1.165) is 6.42 Å². The van der Waals surface area contributed by atoms with Crippen LogP contribution in [0.3, 0.4) is 0 Å². The topological polar surface area (TPSA) is 29.1 Å². The van der Waals surface area contributed by atoms with Crippen molar-refractivity contribution in [2.24, 2.45) is 5.41 Å². The quantitative estimate of drug-likeness (QED) is 0.843. The van der Waals surface area contributed by atoms with Crippen molar-refractivity contribution in [2.75, 3.05) is 6.54 Å². The number of halogens is 2. The Balaban J connectivity index is 1.77. The molecule has 1 atom stereocenters. The van der Waals surface area contributed by atoms with Gasteiger partial charge in [-0.15, -0.1) is 34.5 Å². The second-order valence-electron chi connectivity index (χ2n) is 4.30. The van der Waals surface area contributed by atoms with Crippen molar-refractivity contribution < 1.29 is 4.79 Å². The Morgan fingerprint density at radius 2 is 2.31 bits per heavy atom. The second kappa shape index (κ2) is 4.21. The van der Waals surface area contributed by atoms with E-state index in [0.29, 0.717) is 13.0 Å². The maximum atomic E-state index is 11.8. The number of nitrogens with one attached hydrogen (secondary N) is 1. The minimum Gasteiger partial charge on any atom is -0.355 e. The van der Waals surface area contributed by atoms with Gasteiger partial charge in [-0.05, 0) is 31.2 Å². The number of rotatable bonds is 4. The van der Waals surface area contributed by atoms with Crippen molar-refractivity contribution in [3.8, 4) is 0 Å². The first-order valence-corrected chi connectivity index (χ1v) is 6.78. The Bertz CT molecular complexity index is 391. The molecule has 2 nitrogen and oxygen atoms in total. The first-order valence-electron chi connectivity index (χ1n) is 5.14. The number of amides is 1. The van der Waals surface area contributed by atoms with Crippen LogP contribution in [0.1, 0.15) is 18.2 Å². The number of alkyl halides is 2. The number of hydrogen-bond donors (Lipinski definition) is 1. The van der Waals surface area contributed by atoms with E-state index in [1.54, 1.807) is 18.3 Å². The number of carbonyl (C=O) groups is 1. The fourth-order valence-corrected chi connectivity index (χ4v) is 3.01. The molecule has 2 rings (SSSR count). The fourth-order valence-electron chi connectivity index (χ4n) is 1.60. The average molecular weight is 278 g/mol. The van der Waals surface area contributed by atoms with Gasteiger partial charge in [0.25, 0.3) is 0 Å². The van der Waals surface area contributed by atoms with Gasteiger partial charge < -0.3 is 5.32 Å². The number of thiophene rings is 1. The van der Waals surface area contributed by atoms with Gasteiger partial charge in [0.1, 0.15) is 4.33 Å². The Morgan fingerprint density at radius 3 is 2.81 bits per heavy atom.